The van der Waals surface area contributed by atoms with E-state index >= 15 is 0 Å². The van der Waals surface area contributed by atoms with E-state index in [1.165, 1.54) is 0 Å². The summed E-state index contributed by atoms with van der Waals surface area (Å²) in [6, 6.07) is 0. The summed E-state index contributed by atoms with van der Waals surface area (Å²) in [6.07, 6.45) is 3.58. The Kier molecular flexibility index (Phi) is 2.29. The fourth-order valence-electron chi connectivity index (χ4n) is 4.42. The number of hydrogen-bond donors (Lipinski definition) is 0. The van der Waals surface area contributed by atoms with Gasteiger partial charge in [0.2, 0.25) is 0 Å². The van der Waals surface area contributed by atoms with E-state index in [-0.39, 0.29) is 29.2 Å². The van der Waals surface area contributed by atoms with Crippen LogP contribution in [0.2, 0.25) is 0 Å². The zero-order chi connectivity index (χ0) is 14.0. The van der Waals surface area contributed by atoms with Crippen LogP contribution in [0.3, 0.4) is 0 Å². The Balaban J connectivity index is 2.11. The molecule has 1 saturated carbocycles. The molecule has 2 aliphatic carbocycles. The number of carbonyl (C=O) groups is 2. The van der Waals surface area contributed by atoms with Crippen LogP contribution in [-0.2, 0) is 14.3 Å². The van der Waals surface area contributed by atoms with E-state index in [2.05, 4.69) is 20.4 Å². The van der Waals surface area contributed by atoms with Crippen molar-refractivity contribution >= 4 is 11.9 Å². The van der Waals surface area contributed by atoms with E-state index in [1.807, 2.05) is 0 Å². The average molecular weight is 261 g/mol. The van der Waals surface area contributed by atoms with Crippen LogP contribution in [0.15, 0.2) is 24.0 Å². The molecule has 1 heterocycles. The number of carboxylic acid groups (broad SMARTS) is 1. The Hall–Kier alpha value is -1.58. The summed E-state index contributed by atoms with van der Waals surface area (Å²) in [7, 11) is 0. The molecule has 19 heavy (non-hydrogen) atoms. The lowest BCUT2D eigenvalue weighted by Gasteiger charge is -2.42. The van der Waals surface area contributed by atoms with Crippen molar-refractivity contribution in [1.82, 2.24) is 0 Å². The van der Waals surface area contributed by atoms with Crippen molar-refractivity contribution in [2.75, 3.05) is 0 Å². The average Bonchev–Trinajstić information content (AvgIpc) is 2.68. The Morgan fingerprint density at radius 3 is 2.84 bits per heavy atom. The highest BCUT2D eigenvalue weighted by atomic mass is 16.5. The minimum Gasteiger partial charge on any atom is -0.545 e. The molecular weight excluding hydrogens is 244 g/mol. The van der Waals surface area contributed by atoms with Crippen molar-refractivity contribution in [3.63, 3.8) is 0 Å². The molecule has 102 valence electrons. The smallest absolute Gasteiger partial charge is 0.311 e. The Labute approximate surface area is 112 Å². The number of carbonyl (C=O) groups excluding carboxylic acids is 2. The van der Waals surface area contributed by atoms with Crippen LogP contribution in [0.1, 0.15) is 33.1 Å². The maximum absolute atomic E-state index is 11.6. The second kappa shape index (κ2) is 3.50. The molecule has 0 N–H and O–H groups in total. The SMILES string of the molecule is C=C1OC(=O)C[C@H]2C(C(=O)[O-])=CC3CC(C)(C)C[C@@]132. The summed E-state index contributed by atoms with van der Waals surface area (Å²) in [4.78, 5) is 22.9. The lowest BCUT2D eigenvalue weighted by Crippen LogP contribution is -2.42. The number of rotatable bonds is 1. The normalized spacial score (nSPS) is 39.4. The number of aliphatic carboxylic acids is 1. The number of ether oxygens (including phenoxy) is 1. The number of esters is 1. The third kappa shape index (κ3) is 1.52. The van der Waals surface area contributed by atoms with Crippen molar-refractivity contribution < 1.29 is 19.4 Å². The first-order valence-electron chi connectivity index (χ1n) is 6.59. The Bertz CT molecular complexity index is 528. The number of cyclic esters (lactones) is 1. The number of hydrogen-bond acceptors (Lipinski definition) is 4. The third-order valence-corrected chi connectivity index (χ3v) is 4.95. The number of allylic oxidation sites excluding steroid dienone is 2. The van der Waals surface area contributed by atoms with Crippen molar-refractivity contribution in [2.24, 2.45) is 22.7 Å². The maximum atomic E-state index is 11.6. The van der Waals surface area contributed by atoms with Gasteiger partial charge in [0.25, 0.3) is 0 Å². The molecule has 3 rings (SSSR count). The molecule has 1 aliphatic heterocycles. The first-order valence-corrected chi connectivity index (χ1v) is 6.59. The second-order valence-corrected chi connectivity index (χ2v) is 6.76. The standard InChI is InChI=1S/C15H18O4/c1-8-15-7-14(2,3)6-9(15)4-10(13(17)18)11(15)5-12(16)19-8/h4,9,11H,1,5-7H2,2-3H3,(H,17,18)/p-1/t9?,11-,15+/m0/s1. The van der Waals surface area contributed by atoms with Gasteiger partial charge in [0, 0.05) is 11.3 Å². The lowest BCUT2D eigenvalue weighted by molar-refractivity contribution is -0.300. The topological polar surface area (TPSA) is 66.4 Å². The summed E-state index contributed by atoms with van der Waals surface area (Å²) in [5, 5.41) is 11.3. The van der Waals surface area contributed by atoms with Gasteiger partial charge in [-0.2, -0.15) is 0 Å². The van der Waals surface area contributed by atoms with Gasteiger partial charge in [-0.25, -0.2) is 0 Å². The van der Waals surface area contributed by atoms with E-state index in [0.29, 0.717) is 5.76 Å². The molecule has 0 bridgehead atoms. The second-order valence-electron chi connectivity index (χ2n) is 6.76. The molecular formula is C15H17O4-. The van der Waals surface area contributed by atoms with Gasteiger partial charge in [-0.1, -0.05) is 26.5 Å². The summed E-state index contributed by atoms with van der Waals surface area (Å²) in [6.45, 7) is 8.23. The fraction of sp³-hybridized carbons (Fsp3) is 0.600. The largest absolute Gasteiger partial charge is 0.545 e. The van der Waals surface area contributed by atoms with Crippen LogP contribution >= 0.6 is 0 Å². The van der Waals surface area contributed by atoms with Crippen LogP contribution < -0.4 is 5.11 Å². The predicted molar refractivity (Wildman–Crippen MR) is 65.4 cm³/mol. The third-order valence-electron chi connectivity index (χ3n) is 4.95. The van der Waals surface area contributed by atoms with Gasteiger partial charge in [-0.05, 0) is 29.7 Å². The van der Waals surface area contributed by atoms with Crippen molar-refractivity contribution in [3.8, 4) is 0 Å². The minimum atomic E-state index is -1.17. The minimum absolute atomic E-state index is 0.0843. The molecule has 0 aromatic heterocycles. The zero-order valence-electron chi connectivity index (χ0n) is 11.2. The highest BCUT2D eigenvalue weighted by Gasteiger charge is 2.62. The van der Waals surface area contributed by atoms with Crippen LogP contribution in [0.4, 0.5) is 0 Å². The summed E-state index contributed by atoms with van der Waals surface area (Å²) >= 11 is 0. The molecule has 0 aromatic rings. The predicted octanol–water partition coefficient (Wildman–Crippen LogP) is 1.18. The van der Waals surface area contributed by atoms with E-state index in [9.17, 15) is 14.7 Å². The molecule has 1 saturated heterocycles. The number of carboxylic acids is 1. The molecule has 3 atom stereocenters. The first kappa shape index (κ1) is 12.5. The quantitative estimate of drug-likeness (QED) is 0.665. The van der Waals surface area contributed by atoms with E-state index in [4.69, 9.17) is 4.74 Å². The van der Waals surface area contributed by atoms with Crippen LogP contribution in [0, 0.1) is 22.7 Å². The molecule has 1 spiro atoms. The molecule has 4 heteroatoms. The van der Waals surface area contributed by atoms with Gasteiger partial charge in [0.05, 0.1) is 12.4 Å². The zero-order valence-corrected chi connectivity index (χ0v) is 11.2. The molecule has 2 fully saturated rings. The summed E-state index contributed by atoms with van der Waals surface area (Å²) in [5.41, 5.74) is -0.0607. The van der Waals surface area contributed by atoms with E-state index in [0.717, 1.165) is 12.8 Å². The fourth-order valence-corrected chi connectivity index (χ4v) is 4.42. The van der Waals surface area contributed by atoms with Crippen LogP contribution in [0.25, 0.3) is 0 Å². The lowest BCUT2D eigenvalue weighted by atomic mass is 9.66. The van der Waals surface area contributed by atoms with Gasteiger partial charge in [0.15, 0.2) is 0 Å². The maximum Gasteiger partial charge on any atom is 0.311 e. The Morgan fingerprint density at radius 2 is 2.21 bits per heavy atom. The van der Waals surface area contributed by atoms with Crippen molar-refractivity contribution in [2.45, 2.75) is 33.1 Å². The molecule has 0 radical (unpaired) electrons. The van der Waals surface area contributed by atoms with Gasteiger partial charge in [-0.3, -0.25) is 4.79 Å². The highest BCUT2D eigenvalue weighted by molar-refractivity contribution is 5.89. The van der Waals surface area contributed by atoms with Gasteiger partial charge < -0.3 is 14.6 Å². The van der Waals surface area contributed by atoms with Crippen LogP contribution in [-0.4, -0.2) is 11.9 Å². The molecule has 4 nitrogen and oxygen atoms in total. The van der Waals surface area contributed by atoms with E-state index in [1.54, 1.807) is 6.08 Å². The molecule has 0 amide bonds. The summed E-state index contributed by atoms with van der Waals surface area (Å²) in [5.74, 6) is -1.37. The van der Waals surface area contributed by atoms with Gasteiger partial charge in [0.1, 0.15) is 5.76 Å². The van der Waals surface area contributed by atoms with Crippen molar-refractivity contribution in [1.29, 1.82) is 0 Å². The van der Waals surface area contributed by atoms with Crippen molar-refractivity contribution in [3.05, 3.63) is 24.0 Å². The Morgan fingerprint density at radius 1 is 1.53 bits per heavy atom. The highest BCUT2D eigenvalue weighted by Crippen LogP contribution is 2.67. The first-order chi connectivity index (χ1) is 8.76. The summed E-state index contributed by atoms with van der Waals surface area (Å²) < 4.78 is 5.25. The van der Waals surface area contributed by atoms with Gasteiger partial charge >= 0.3 is 5.97 Å². The monoisotopic (exact) mass is 261 g/mol. The van der Waals surface area contributed by atoms with E-state index < -0.39 is 17.4 Å². The molecule has 3 aliphatic rings. The molecule has 0 aromatic carbocycles. The molecule has 1 unspecified atom stereocenters. The van der Waals surface area contributed by atoms with Gasteiger partial charge in [-0.15, -0.1) is 0 Å². The van der Waals surface area contributed by atoms with Crippen LogP contribution in [0.5, 0.6) is 0 Å².